The van der Waals surface area contributed by atoms with Gasteiger partial charge in [-0.25, -0.2) is 8.42 Å². The summed E-state index contributed by atoms with van der Waals surface area (Å²) in [6.07, 6.45) is 3.20. The number of hydrogen-bond acceptors (Lipinski definition) is 4. The Morgan fingerprint density at radius 2 is 2.05 bits per heavy atom. The average molecular weight is 306 g/mol. The molecule has 1 unspecified atom stereocenters. The Balaban J connectivity index is 1.71. The van der Waals surface area contributed by atoms with E-state index in [0.29, 0.717) is 19.0 Å². The zero-order valence-corrected chi connectivity index (χ0v) is 12.7. The normalized spacial score (nSPS) is 20.0. The molecule has 1 aliphatic heterocycles. The first-order valence-electron chi connectivity index (χ1n) is 6.95. The van der Waals surface area contributed by atoms with Gasteiger partial charge in [-0.15, -0.1) is 10.2 Å². The quantitative estimate of drug-likeness (QED) is 0.847. The predicted molar refractivity (Wildman–Crippen MR) is 78.0 cm³/mol. The minimum atomic E-state index is -3.53. The molecular weight excluding hydrogens is 288 g/mol. The van der Waals surface area contributed by atoms with Crippen molar-refractivity contribution in [3.05, 3.63) is 42.2 Å². The zero-order valence-electron chi connectivity index (χ0n) is 11.9. The van der Waals surface area contributed by atoms with Gasteiger partial charge in [0.1, 0.15) is 6.33 Å². The van der Waals surface area contributed by atoms with Gasteiger partial charge >= 0.3 is 0 Å². The topological polar surface area (TPSA) is 68.1 Å². The van der Waals surface area contributed by atoms with Gasteiger partial charge in [-0.3, -0.25) is 0 Å². The number of rotatable bonds is 4. The van der Waals surface area contributed by atoms with Crippen molar-refractivity contribution < 1.29 is 8.42 Å². The molecule has 2 heterocycles. The molecule has 0 bridgehead atoms. The first-order valence-corrected chi connectivity index (χ1v) is 8.39. The molecule has 1 aromatic carbocycles. The Morgan fingerprint density at radius 1 is 1.29 bits per heavy atom. The molecule has 0 radical (unpaired) electrons. The van der Waals surface area contributed by atoms with E-state index in [1.165, 1.54) is 20.8 Å². The lowest BCUT2D eigenvalue weighted by atomic mass is 9.99. The number of aryl methyl sites for hydroxylation is 1. The van der Waals surface area contributed by atoms with E-state index in [4.69, 9.17) is 0 Å². The monoisotopic (exact) mass is 306 g/mol. The van der Waals surface area contributed by atoms with E-state index >= 15 is 0 Å². The molecule has 112 valence electrons. The van der Waals surface area contributed by atoms with Crippen LogP contribution in [0.2, 0.25) is 0 Å². The fourth-order valence-electron chi connectivity index (χ4n) is 2.75. The summed E-state index contributed by atoms with van der Waals surface area (Å²) in [7, 11) is -1.89. The van der Waals surface area contributed by atoms with Gasteiger partial charge < -0.3 is 4.57 Å². The van der Waals surface area contributed by atoms with Gasteiger partial charge in [-0.05, 0) is 24.3 Å². The number of hydrogen-bond donors (Lipinski definition) is 0. The van der Waals surface area contributed by atoms with Crippen molar-refractivity contribution in [2.24, 2.45) is 13.0 Å². The third-order valence-corrected chi connectivity index (χ3v) is 5.70. The number of nitrogens with zero attached hydrogens (tertiary/aromatic N) is 4. The van der Waals surface area contributed by atoms with Crippen molar-refractivity contribution >= 4 is 10.0 Å². The van der Waals surface area contributed by atoms with Crippen LogP contribution in [0.4, 0.5) is 0 Å². The van der Waals surface area contributed by atoms with Crippen LogP contribution in [-0.4, -0.2) is 40.6 Å². The summed E-state index contributed by atoms with van der Waals surface area (Å²) in [5, 5.41) is 7.39. The van der Waals surface area contributed by atoms with Crippen molar-refractivity contribution in [3.63, 3.8) is 0 Å². The molecule has 6 nitrogen and oxygen atoms in total. The second-order valence-electron chi connectivity index (χ2n) is 5.43. The summed E-state index contributed by atoms with van der Waals surface area (Å²) in [6.45, 7) is 1.09. The summed E-state index contributed by atoms with van der Waals surface area (Å²) >= 11 is 0. The second-order valence-corrected chi connectivity index (χ2v) is 7.26. The summed E-state index contributed by atoms with van der Waals surface area (Å²) in [6, 6.07) is 10.2. The minimum Gasteiger partial charge on any atom is -0.306 e. The third-order valence-electron chi connectivity index (χ3n) is 3.86. The van der Waals surface area contributed by atoms with Gasteiger partial charge in [-0.1, -0.05) is 30.3 Å². The van der Waals surface area contributed by atoms with Gasteiger partial charge in [-0.2, -0.15) is 4.31 Å². The lowest BCUT2D eigenvalue weighted by molar-refractivity contribution is 0.446. The molecule has 1 aliphatic rings. The summed E-state index contributed by atoms with van der Waals surface area (Å²) in [5.41, 5.74) is 1.25. The highest BCUT2D eigenvalue weighted by Crippen LogP contribution is 2.25. The van der Waals surface area contributed by atoms with Crippen LogP contribution in [0.1, 0.15) is 12.0 Å². The Kier molecular flexibility index (Phi) is 3.77. The highest BCUT2D eigenvalue weighted by molar-refractivity contribution is 7.89. The molecule has 1 fully saturated rings. The van der Waals surface area contributed by atoms with Crippen LogP contribution in [0, 0.1) is 5.92 Å². The van der Waals surface area contributed by atoms with E-state index in [1.807, 2.05) is 18.2 Å². The molecule has 0 spiro atoms. The maximum Gasteiger partial charge on any atom is 0.278 e. The molecule has 1 atom stereocenters. The van der Waals surface area contributed by atoms with Crippen LogP contribution < -0.4 is 0 Å². The Hall–Kier alpha value is -1.73. The Bertz CT molecular complexity index is 712. The van der Waals surface area contributed by atoms with E-state index in [0.717, 1.165) is 12.8 Å². The molecule has 1 aromatic heterocycles. The molecule has 7 heteroatoms. The first-order chi connectivity index (χ1) is 10.1. The van der Waals surface area contributed by atoms with Crippen molar-refractivity contribution in [3.8, 4) is 0 Å². The van der Waals surface area contributed by atoms with Gasteiger partial charge in [0.05, 0.1) is 0 Å². The van der Waals surface area contributed by atoms with Crippen molar-refractivity contribution in [1.29, 1.82) is 0 Å². The lowest BCUT2D eigenvalue weighted by Crippen LogP contribution is -2.31. The highest BCUT2D eigenvalue weighted by atomic mass is 32.2. The molecular formula is C14H18N4O2S. The van der Waals surface area contributed by atoms with E-state index < -0.39 is 10.0 Å². The van der Waals surface area contributed by atoms with Crippen molar-refractivity contribution in [1.82, 2.24) is 19.1 Å². The second kappa shape index (κ2) is 5.57. The molecule has 0 amide bonds. The largest absolute Gasteiger partial charge is 0.306 e. The van der Waals surface area contributed by atoms with E-state index in [1.54, 1.807) is 7.05 Å². The zero-order chi connectivity index (χ0) is 14.9. The number of sulfonamides is 1. The van der Waals surface area contributed by atoms with Crippen LogP contribution in [0.3, 0.4) is 0 Å². The van der Waals surface area contributed by atoms with Crippen LogP contribution >= 0.6 is 0 Å². The maximum absolute atomic E-state index is 12.5. The summed E-state index contributed by atoms with van der Waals surface area (Å²) in [5.74, 6) is 0.357. The Labute approximate surface area is 124 Å². The van der Waals surface area contributed by atoms with Crippen LogP contribution in [0.5, 0.6) is 0 Å². The lowest BCUT2D eigenvalue weighted by Gasteiger charge is -2.15. The molecule has 0 N–H and O–H groups in total. The van der Waals surface area contributed by atoms with Crippen LogP contribution in [-0.2, 0) is 23.5 Å². The van der Waals surface area contributed by atoms with Gasteiger partial charge in [0.25, 0.3) is 15.2 Å². The van der Waals surface area contributed by atoms with Crippen molar-refractivity contribution in [2.75, 3.05) is 13.1 Å². The molecule has 3 rings (SSSR count). The van der Waals surface area contributed by atoms with E-state index in [2.05, 4.69) is 22.3 Å². The predicted octanol–water partition coefficient (Wildman–Crippen LogP) is 1.07. The Morgan fingerprint density at radius 3 is 2.71 bits per heavy atom. The smallest absolute Gasteiger partial charge is 0.278 e. The van der Waals surface area contributed by atoms with Crippen LogP contribution in [0.15, 0.2) is 41.8 Å². The van der Waals surface area contributed by atoms with Crippen molar-refractivity contribution in [2.45, 2.75) is 18.0 Å². The van der Waals surface area contributed by atoms with Gasteiger partial charge in [0.2, 0.25) is 0 Å². The maximum atomic E-state index is 12.5. The standard InChI is InChI=1S/C14H18N4O2S/c1-17-11-15-16-14(17)21(19,20)18-8-7-13(10-18)9-12-5-3-2-4-6-12/h2-6,11,13H,7-10H2,1H3. The molecule has 1 saturated heterocycles. The fourth-order valence-corrected chi connectivity index (χ4v) is 4.30. The summed E-state index contributed by atoms with van der Waals surface area (Å²) in [4.78, 5) is 0. The summed E-state index contributed by atoms with van der Waals surface area (Å²) < 4.78 is 28.0. The van der Waals surface area contributed by atoms with E-state index in [-0.39, 0.29) is 5.16 Å². The molecule has 0 aliphatic carbocycles. The number of aromatic nitrogens is 3. The first kappa shape index (κ1) is 14.2. The van der Waals surface area contributed by atoms with Crippen LogP contribution in [0.25, 0.3) is 0 Å². The van der Waals surface area contributed by atoms with E-state index in [9.17, 15) is 8.42 Å². The fraction of sp³-hybridized carbons (Fsp3) is 0.429. The third kappa shape index (κ3) is 2.84. The molecule has 2 aromatic rings. The highest BCUT2D eigenvalue weighted by Gasteiger charge is 2.35. The SMILES string of the molecule is Cn1cnnc1S(=O)(=O)N1CCC(Cc2ccccc2)C1. The molecule has 21 heavy (non-hydrogen) atoms. The average Bonchev–Trinajstić information content (AvgIpc) is 3.09. The van der Waals surface area contributed by atoms with Gasteiger partial charge in [0, 0.05) is 20.1 Å². The number of benzene rings is 1. The van der Waals surface area contributed by atoms with Gasteiger partial charge in [0.15, 0.2) is 0 Å². The molecule has 0 saturated carbocycles. The minimum absolute atomic E-state index is 0.0165.